The van der Waals surface area contributed by atoms with E-state index in [1.165, 1.54) is 18.4 Å². The van der Waals surface area contributed by atoms with Crippen LogP contribution in [-0.2, 0) is 4.79 Å². The molecule has 9 atom stereocenters. The van der Waals surface area contributed by atoms with E-state index in [9.17, 15) is 15.0 Å². The van der Waals surface area contributed by atoms with Crippen molar-refractivity contribution in [3.05, 3.63) is 11.6 Å². The highest BCUT2D eigenvalue weighted by Crippen LogP contribution is 2.75. The number of carbonyl (C=O) groups excluding carboxylic acids is 1. The van der Waals surface area contributed by atoms with Crippen LogP contribution in [0.1, 0.15) is 106 Å². The van der Waals surface area contributed by atoms with Crippen molar-refractivity contribution in [2.45, 2.75) is 112 Å². The summed E-state index contributed by atoms with van der Waals surface area (Å²) in [6.45, 7) is 16.8. The number of aliphatic hydroxyl groups excluding tert-OH is 2. The zero-order valence-corrected chi connectivity index (χ0v) is 22.3. The number of hydrogen-bond acceptors (Lipinski definition) is 3. The van der Waals surface area contributed by atoms with Crippen LogP contribution in [0, 0.1) is 50.2 Å². The summed E-state index contributed by atoms with van der Waals surface area (Å²) >= 11 is 0. The Kier molecular flexibility index (Phi) is 5.07. The summed E-state index contributed by atoms with van der Waals surface area (Å²) in [5.74, 6) is 1.20. The minimum Gasteiger partial charge on any atom is -0.396 e. The van der Waals surface area contributed by atoms with Crippen LogP contribution in [0.4, 0.5) is 0 Å². The maximum Gasteiger partial charge on any atom is 0.159 e. The molecule has 0 aliphatic heterocycles. The van der Waals surface area contributed by atoms with Gasteiger partial charge in [0, 0.05) is 12.5 Å². The van der Waals surface area contributed by atoms with Crippen molar-refractivity contribution in [3.63, 3.8) is 0 Å². The zero-order chi connectivity index (χ0) is 24.2. The van der Waals surface area contributed by atoms with E-state index >= 15 is 0 Å². The quantitative estimate of drug-likeness (QED) is 0.485. The summed E-state index contributed by atoms with van der Waals surface area (Å²) < 4.78 is 0. The van der Waals surface area contributed by atoms with E-state index < -0.39 is 0 Å². The molecule has 0 spiro atoms. The molecule has 5 aliphatic rings. The van der Waals surface area contributed by atoms with Gasteiger partial charge in [-0.05, 0) is 108 Å². The van der Waals surface area contributed by atoms with Gasteiger partial charge in [-0.15, -0.1) is 0 Å². The molecule has 0 aromatic rings. The lowest BCUT2D eigenvalue weighted by molar-refractivity contribution is -0.202. The van der Waals surface area contributed by atoms with Crippen LogP contribution in [-0.4, -0.2) is 28.7 Å². The molecule has 0 radical (unpaired) electrons. The third-order valence-corrected chi connectivity index (χ3v) is 13.0. The molecule has 5 rings (SSSR count). The molecule has 4 fully saturated rings. The highest BCUT2D eigenvalue weighted by molar-refractivity contribution is 5.95. The number of allylic oxidation sites excluding steroid dienone is 2. The highest BCUT2D eigenvalue weighted by Gasteiger charge is 2.70. The number of carbonyl (C=O) groups is 1. The largest absolute Gasteiger partial charge is 0.396 e. The van der Waals surface area contributed by atoms with E-state index in [0.29, 0.717) is 17.6 Å². The first-order valence-corrected chi connectivity index (χ1v) is 13.7. The fraction of sp³-hybridized carbons (Fsp3) is 0.900. The second-order valence-electron chi connectivity index (χ2n) is 15.0. The number of ketones is 1. The van der Waals surface area contributed by atoms with Gasteiger partial charge in [-0.2, -0.15) is 0 Å². The van der Waals surface area contributed by atoms with Crippen LogP contribution in [0.2, 0.25) is 0 Å². The van der Waals surface area contributed by atoms with Crippen molar-refractivity contribution in [2.24, 2.45) is 50.2 Å². The molecular weight excluding hydrogens is 408 g/mol. The predicted molar refractivity (Wildman–Crippen MR) is 133 cm³/mol. The first-order valence-electron chi connectivity index (χ1n) is 13.7. The van der Waals surface area contributed by atoms with Gasteiger partial charge < -0.3 is 10.2 Å². The molecule has 3 nitrogen and oxygen atoms in total. The lowest BCUT2D eigenvalue weighted by Gasteiger charge is -2.70. The fourth-order valence-corrected chi connectivity index (χ4v) is 10.4. The maximum absolute atomic E-state index is 14.2. The zero-order valence-electron chi connectivity index (χ0n) is 22.3. The SMILES string of the molecule is CC1(C)[C@H]2CC[C@]3(C)[C@H](C(=O)C=C4[C@H]5C[C@@](C)(CO)CC[C@]5(C)CC[C@]43C)[C@@]2(C)CC[C@@H]1O. The van der Waals surface area contributed by atoms with Crippen LogP contribution >= 0.6 is 0 Å². The average molecular weight is 457 g/mol. The predicted octanol–water partition coefficient (Wildman–Crippen LogP) is 6.32. The second kappa shape index (κ2) is 6.96. The summed E-state index contributed by atoms with van der Waals surface area (Å²) in [4.78, 5) is 14.2. The van der Waals surface area contributed by atoms with E-state index in [2.05, 4.69) is 54.5 Å². The summed E-state index contributed by atoms with van der Waals surface area (Å²) in [5, 5.41) is 21.1. The standard InChI is InChI=1S/C30H48O3/c1-25(2)22-8-11-30(7)24(28(22,5)10-9-23(25)33)21(32)16-19-20-17-26(3,18-31)12-13-27(20,4)14-15-29(19,30)6/h16,20,22-24,31,33H,8-15,17-18H2,1-7H3/t20-,22-,23+,24-,26+,27-,28+,29-,30-/m1/s1. The van der Waals surface area contributed by atoms with Gasteiger partial charge in [-0.25, -0.2) is 0 Å². The van der Waals surface area contributed by atoms with Crippen LogP contribution < -0.4 is 0 Å². The van der Waals surface area contributed by atoms with Crippen molar-refractivity contribution in [1.82, 2.24) is 0 Å². The Bertz CT molecular complexity index is 889. The molecule has 33 heavy (non-hydrogen) atoms. The van der Waals surface area contributed by atoms with E-state index in [1.807, 2.05) is 0 Å². The molecule has 0 bridgehead atoms. The normalized spacial score (nSPS) is 55.5. The van der Waals surface area contributed by atoms with E-state index in [0.717, 1.165) is 44.9 Å². The molecule has 0 heterocycles. The molecule has 0 unspecified atom stereocenters. The first-order chi connectivity index (χ1) is 15.2. The van der Waals surface area contributed by atoms with Gasteiger partial charge in [0.15, 0.2) is 5.78 Å². The fourth-order valence-electron chi connectivity index (χ4n) is 10.4. The average Bonchev–Trinajstić information content (AvgIpc) is 2.74. The molecular formula is C30H48O3. The number of fused-ring (bicyclic) bond motifs is 7. The van der Waals surface area contributed by atoms with Gasteiger partial charge in [0.2, 0.25) is 0 Å². The number of aliphatic hydroxyl groups is 2. The highest BCUT2D eigenvalue weighted by atomic mass is 16.3. The Balaban J connectivity index is 1.62. The van der Waals surface area contributed by atoms with Crippen molar-refractivity contribution in [1.29, 1.82) is 0 Å². The summed E-state index contributed by atoms with van der Waals surface area (Å²) in [6.07, 6.45) is 11.5. The van der Waals surface area contributed by atoms with E-state index in [1.54, 1.807) is 0 Å². The Morgan fingerprint density at radius 1 is 0.909 bits per heavy atom. The molecule has 2 N–H and O–H groups in total. The summed E-state index contributed by atoms with van der Waals surface area (Å²) in [7, 11) is 0. The van der Waals surface area contributed by atoms with Gasteiger partial charge in [-0.3, -0.25) is 4.79 Å². The molecule has 0 aromatic carbocycles. The Morgan fingerprint density at radius 3 is 2.24 bits per heavy atom. The van der Waals surface area contributed by atoms with Gasteiger partial charge in [0.05, 0.1) is 6.10 Å². The van der Waals surface area contributed by atoms with Gasteiger partial charge in [-0.1, -0.05) is 54.0 Å². The van der Waals surface area contributed by atoms with Crippen LogP contribution in [0.3, 0.4) is 0 Å². The van der Waals surface area contributed by atoms with E-state index in [-0.39, 0.29) is 51.1 Å². The molecule has 0 aromatic heterocycles. The maximum atomic E-state index is 14.2. The van der Waals surface area contributed by atoms with Crippen molar-refractivity contribution < 1.29 is 15.0 Å². The lowest BCUT2D eigenvalue weighted by atomic mass is 9.33. The van der Waals surface area contributed by atoms with Crippen molar-refractivity contribution in [3.8, 4) is 0 Å². The minimum atomic E-state index is -0.269. The smallest absolute Gasteiger partial charge is 0.159 e. The summed E-state index contributed by atoms with van der Waals surface area (Å²) in [5.41, 5.74) is 1.46. The second-order valence-corrected chi connectivity index (χ2v) is 15.0. The van der Waals surface area contributed by atoms with Crippen LogP contribution in [0.25, 0.3) is 0 Å². The van der Waals surface area contributed by atoms with Crippen molar-refractivity contribution >= 4 is 5.78 Å². The first kappa shape index (κ1) is 24.0. The van der Waals surface area contributed by atoms with Crippen molar-refractivity contribution in [2.75, 3.05) is 6.61 Å². The third-order valence-electron chi connectivity index (χ3n) is 13.0. The molecule has 4 saturated carbocycles. The van der Waals surface area contributed by atoms with Gasteiger partial charge in [0.25, 0.3) is 0 Å². The molecule has 5 aliphatic carbocycles. The molecule has 0 saturated heterocycles. The summed E-state index contributed by atoms with van der Waals surface area (Å²) in [6, 6.07) is 0. The minimum absolute atomic E-state index is 0.0305. The number of rotatable bonds is 1. The molecule has 0 amide bonds. The topological polar surface area (TPSA) is 57.5 Å². The molecule has 3 heteroatoms. The Labute approximate surface area is 201 Å². The molecule has 186 valence electrons. The van der Waals surface area contributed by atoms with Gasteiger partial charge in [0.1, 0.15) is 0 Å². The lowest BCUT2D eigenvalue weighted by Crippen LogP contribution is -2.66. The Hall–Kier alpha value is -0.670. The van der Waals surface area contributed by atoms with Gasteiger partial charge >= 0.3 is 0 Å². The number of hydrogen-bond donors (Lipinski definition) is 2. The Morgan fingerprint density at radius 2 is 1.58 bits per heavy atom. The van der Waals surface area contributed by atoms with Crippen LogP contribution in [0.5, 0.6) is 0 Å². The van der Waals surface area contributed by atoms with Crippen LogP contribution in [0.15, 0.2) is 11.6 Å². The van der Waals surface area contributed by atoms with E-state index in [4.69, 9.17) is 0 Å². The monoisotopic (exact) mass is 456 g/mol. The third kappa shape index (κ3) is 2.90.